The molecule has 0 spiro atoms. The molecule has 0 saturated heterocycles. The predicted molar refractivity (Wildman–Crippen MR) is 60.7 cm³/mol. The van der Waals surface area contributed by atoms with Crippen molar-refractivity contribution in [2.24, 2.45) is 0 Å². The van der Waals surface area contributed by atoms with Gasteiger partial charge in [-0.1, -0.05) is 6.92 Å². The summed E-state index contributed by atoms with van der Waals surface area (Å²) in [5, 5.41) is 10.2. The topological polar surface area (TPSA) is 47.3 Å². The van der Waals surface area contributed by atoms with Crippen LogP contribution < -0.4 is 0 Å². The fourth-order valence-corrected chi connectivity index (χ4v) is 1.90. The molecule has 1 aromatic rings. The second kappa shape index (κ2) is 5.16. The first-order valence-electron chi connectivity index (χ1n) is 5.84. The standard InChI is InChI=1S/C12H18N2O2/c1-2-6-14-9-13-8-10(14)12(15)11-5-3-4-7-16-11/h5,8-9,12,15H,2-4,6-7H2,1H3. The van der Waals surface area contributed by atoms with Crippen LogP contribution in [0.25, 0.3) is 0 Å². The highest BCUT2D eigenvalue weighted by atomic mass is 16.5. The van der Waals surface area contributed by atoms with E-state index in [1.54, 1.807) is 12.5 Å². The van der Waals surface area contributed by atoms with Crippen LogP contribution in [-0.2, 0) is 11.3 Å². The van der Waals surface area contributed by atoms with Crippen molar-refractivity contribution in [1.29, 1.82) is 0 Å². The lowest BCUT2D eigenvalue weighted by atomic mass is 10.1. The van der Waals surface area contributed by atoms with Crippen LogP contribution in [0.3, 0.4) is 0 Å². The van der Waals surface area contributed by atoms with E-state index in [1.165, 1.54) is 0 Å². The van der Waals surface area contributed by atoms with Gasteiger partial charge in [0.25, 0.3) is 0 Å². The molecule has 1 aromatic heterocycles. The summed E-state index contributed by atoms with van der Waals surface area (Å²) in [6.07, 6.45) is 7.80. The maximum atomic E-state index is 10.2. The highest BCUT2D eigenvalue weighted by Crippen LogP contribution is 2.25. The fourth-order valence-electron chi connectivity index (χ4n) is 1.90. The van der Waals surface area contributed by atoms with E-state index in [2.05, 4.69) is 11.9 Å². The van der Waals surface area contributed by atoms with Crippen molar-refractivity contribution in [3.8, 4) is 0 Å². The van der Waals surface area contributed by atoms with Gasteiger partial charge in [-0.3, -0.25) is 0 Å². The van der Waals surface area contributed by atoms with Gasteiger partial charge in [-0.05, 0) is 25.3 Å². The van der Waals surface area contributed by atoms with Crippen LogP contribution in [0.15, 0.2) is 24.4 Å². The minimum absolute atomic E-state index is 0.670. The summed E-state index contributed by atoms with van der Waals surface area (Å²) < 4.78 is 7.44. The zero-order valence-corrected chi connectivity index (χ0v) is 9.59. The van der Waals surface area contributed by atoms with E-state index in [1.807, 2.05) is 10.6 Å². The van der Waals surface area contributed by atoms with Crippen LogP contribution >= 0.6 is 0 Å². The van der Waals surface area contributed by atoms with Gasteiger partial charge in [0, 0.05) is 6.54 Å². The molecule has 2 rings (SSSR count). The maximum absolute atomic E-state index is 10.2. The Bertz CT molecular complexity index is 371. The highest BCUT2D eigenvalue weighted by molar-refractivity contribution is 5.15. The molecule has 1 atom stereocenters. The lowest BCUT2D eigenvalue weighted by Crippen LogP contribution is -2.13. The smallest absolute Gasteiger partial charge is 0.152 e. The van der Waals surface area contributed by atoms with Crippen LogP contribution in [-0.4, -0.2) is 21.3 Å². The van der Waals surface area contributed by atoms with Crippen molar-refractivity contribution in [3.05, 3.63) is 30.1 Å². The minimum Gasteiger partial charge on any atom is -0.495 e. The molecule has 2 heterocycles. The molecular weight excluding hydrogens is 204 g/mol. The predicted octanol–water partition coefficient (Wildman–Crippen LogP) is 2.02. The van der Waals surface area contributed by atoms with Gasteiger partial charge in [0.2, 0.25) is 0 Å². The normalized spacial score (nSPS) is 17.8. The number of aliphatic hydroxyl groups is 1. The number of aromatic nitrogens is 2. The Labute approximate surface area is 95.6 Å². The Morgan fingerprint density at radius 3 is 3.19 bits per heavy atom. The van der Waals surface area contributed by atoms with Gasteiger partial charge < -0.3 is 14.4 Å². The van der Waals surface area contributed by atoms with Crippen LogP contribution in [0.4, 0.5) is 0 Å². The van der Waals surface area contributed by atoms with Gasteiger partial charge in [0.15, 0.2) is 6.10 Å². The van der Waals surface area contributed by atoms with Crippen molar-refractivity contribution in [2.45, 2.75) is 38.8 Å². The van der Waals surface area contributed by atoms with Crippen molar-refractivity contribution in [1.82, 2.24) is 9.55 Å². The third-order valence-electron chi connectivity index (χ3n) is 2.72. The van der Waals surface area contributed by atoms with E-state index in [0.29, 0.717) is 12.4 Å². The van der Waals surface area contributed by atoms with Gasteiger partial charge >= 0.3 is 0 Å². The van der Waals surface area contributed by atoms with E-state index in [9.17, 15) is 5.11 Å². The average Bonchev–Trinajstić information content (AvgIpc) is 2.78. The highest BCUT2D eigenvalue weighted by Gasteiger charge is 2.20. The minimum atomic E-state index is -0.672. The first kappa shape index (κ1) is 11.2. The number of allylic oxidation sites excluding steroid dienone is 1. The van der Waals surface area contributed by atoms with E-state index >= 15 is 0 Å². The third-order valence-corrected chi connectivity index (χ3v) is 2.72. The zero-order valence-electron chi connectivity index (χ0n) is 9.59. The van der Waals surface area contributed by atoms with Crippen molar-refractivity contribution >= 4 is 0 Å². The molecule has 4 nitrogen and oxygen atoms in total. The molecule has 1 N–H and O–H groups in total. The van der Waals surface area contributed by atoms with Crippen LogP contribution in [0, 0.1) is 0 Å². The number of hydrogen-bond donors (Lipinski definition) is 1. The Balaban J connectivity index is 2.15. The quantitative estimate of drug-likeness (QED) is 0.847. The summed E-state index contributed by atoms with van der Waals surface area (Å²) in [4.78, 5) is 4.08. The van der Waals surface area contributed by atoms with Gasteiger partial charge in [0.05, 0.1) is 24.8 Å². The number of hydrogen-bond acceptors (Lipinski definition) is 3. The van der Waals surface area contributed by atoms with Gasteiger partial charge in [-0.2, -0.15) is 0 Å². The second-order valence-electron chi connectivity index (χ2n) is 4.01. The summed E-state index contributed by atoms with van der Waals surface area (Å²) in [7, 11) is 0. The summed E-state index contributed by atoms with van der Waals surface area (Å²) in [6, 6.07) is 0. The van der Waals surface area contributed by atoms with Crippen molar-refractivity contribution in [2.75, 3.05) is 6.61 Å². The van der Waals surface area contributed by atoms with E-state index < -0.39 is 6.10 Å². The molecule has 0 fully saturated rings. The zero-order chi connectivity index (χ0) is 11.4. The SMILES string of the molecule is CCCn1cncc1C(O)C1=CCCCO1. The molecule has 4 heteroatoms. The Hall–Kier alpha value is -1.29. The molecule has 0 amide bonds. The summed E-state index contributed by atoms with van der Waals surface area (Å²) in [6.45, 7) is 3.68. The van der Waals surface area contributed by atoms with Gasteiger partial charge in [0.1, 0.15) is 5.76 Å². The monoisotopic (exact) mass is 222 g/mol. The molecule has 0 radical (unpaired) electrons. The molecule has 0 saturated carbocycles. The molecular formula is C12H18N2O2. The number of imidazole rings is 1. The molecule has 88 valence electrons. The van der Waals surface area contributed by atoms with E-state index in [4.69, 9.17) is 4.74 Å². The van der Waals surface area contributed by atoms with Crippen LogP contribution in [0.2, 0.25) is 0 Å². The Kier molecular flexibility index (Phi) is 3.62. The summed E-state index contributed by atoms with van der Waals surface area (Å²) in [5.74, 6) is 0.670. The van der Waals surface area contributed by atoms with E-state index in [-0.39, 0.29) is 0 Å². The number of nitrogens with zero attached hydrogens (tertiary/aromatic N) is 2. The van der Waals surface area contributed by atoms with Crippen LogP contribution in [0.5, 0.6) is 0 Å². The number of rotatable bonds is 4. The molecule has 1 unspecified atom stereocenters. The number of aliphatic hydroxyl groups excluding tert-OH is 1. The van der Waals surface area contributed by atoms with E-state index in [0.717, 1.165) is 31.5 Å². The lowest BCUT2D eigenvalue weighted by molar-refractivity contribution is 0.0872. The third kappa shape index (κ3) is 2.27. The number of ether oxygens (including phenoxy) is 1. The molecule has 1 aliphatic heterocycles. The van der Waals surface area contributed by atoms with Gasteiger partial charge in [-0.15, -0.1) is 0 Å². The second-order valence-corrected chi connectivity index (χ2v) is 4.01. The first-order chi connectivity index (χ1) is 7.83. The average molecular weight is 222 g/mol. The lowest BCUT2D eigenvalue weighted by Gasteiger charge is -2.20. The first-order valence-corrected chi connectivity index (χ1v) is 5.84. The maximum Gasteiger partial charge on any atom is 0.152 e. The van der Waals surface area contributed by atoms with Gasteiger partial charge in [-0.25, -0.2) is 4.98 Å². The molecule has 0 aromatic carbocycles. The van der Waals surface area contributed by atoms with Crippen LogP contribution in [0.1, 0.15) is 38.0 Å². The fraction of sp³-hybridized carbons (Fsp3) is 0.583. The number of aryl methyl sites for hydroxylation is 1. The molecule has 0 aliphatic carbocycles. The molecule has 16 heavy (non-hydrogen) atoms. The molecule has 1 aliphatic rings. The Morgan fingerprint density at radius 1 is 1.62 bits per heavy atom. The van der Waals surface area contributed by atoms with Crippen molar-refractivity contribution < 1.29 is 9.84 Å². The Morgan fingerprint density at radius 2 is 2.50 bits per heavy atom. The van der Waals surface area contributed by atoms with Crippen molar-refractivity contribution in [3.63, 3.8) is 0 Å². The summed E-state index contributed by atoms with van der Waals surface area (Å²) in [5.41, 5.74) is 0.815. The molecule has 0 bridgehead atoms. The summed E-state index contributed by atoms with van der Waals surface area (Å²) >= 11 is 0. The largest absolute Gasteiger partial charge is 0.495 e.